The average molecular weight is 215 g/mol. The topological polar surface area (TPSA) is 35.2 Å². The number of hydrogen-bond acceptors (Lipinski definition) is 2. The van der Waals surface area contributed by atoms with Crippen molar-refractivity contribution in [3.05, 3.63) is 66.8 Å². The van der Waals surface area contributed by atoms with Gasteiger partial charge < -0.3 is 10.5 Å². The summed E-state index contributed by atoms with van der Waals surface area (Å²) in [6.45, 7) is 8.48. The highest BCUT2D eigenvalue weighted by molar-refractivity contribution is 5.28. The van der Waals surface area contributed by atoms with E-state index in [0.29, 0.717) is 13.2 Å². The number of benzene rings is 1. The maximum absolute atomic E-state index is 5.54. The van der Waals surface area contributed by atoms with E-state index in [0.717, 1.165) is 16.9 Å². The van der Waals surface area contributed by atoms with Crippen molar-refractivity contribution in [3.63, 3.8) is 0 Å². The smallest absolute Gasteiger partial charge is 0.119 e. The van der Waals surface area contributed by atoms with Crippen molar-refractivity contribution in [2.75, 3.05) is 6.61 Å². The molecule has 2 heteroatoms. The zero-order valence-corrected chi connectivity index (χ0v) is 9.36. The van der Waals surface area contributed by atoms with Gasteiger partial charge in [0.2, 0.25) is 0 Å². The first-order valence-corrected chi connectivity index (χ1v) is 5.15. The SMILES string of the molecule is C=C/C=C\C(=C)COc1ccc(CN)cc1. The first-order valence-electron chi connectivity index (χ1n) is 5.15. The first kappa shape index (κ1) is 12.3. The minimum Gasteiger partial charge on any atom is -0.489 e. The summed E-state index contributed by atoms with van der Waals surface area (Å²) in [7, 11) is 0. The van der Waals surface area contributed by atoms with Gasteiger partial charge in [0.25, 0.3) is 0 Å². The molecule has 0 saturated heterocycles. The van der Waals surface area contributed by atoms with E-state index >= 15 is 0 Å². The van der Waals surface area contributed by atoms with E-state index in [4.69, 9.17) is 10.5 Å². The van der Waals surface area contributed by atoms with Crippen molar-refractivity contribution >= 4 is 0 Å². The van der Waals surface area contributed by atoms with E-state index in [2.05, 4.69) is 13.2 Å². The molecule has 1 aromatic rings. The Hall–Kier alpha value is -1.80. The lowest BCUT2D eigenvalue weighted by molar-refractivity contribution is 0.356. The van der Waals surface area contributed by atoms with Gasteiger partial charge in [-0.3, -0.25) is 0 Å². The fourth-order valence-corrected chi connectivity index (χ4v) is 1.15. The summed E-state index contributed by atoms with van der Waals surface area (Å²) >= 11 is 0. The molecule has 16 heavy (non-hydrogen) atoms. The molecule has 0 fully saturated rings. The molecule has 0 spiro atoms. The zero-order valence-electron chi connectivity index (χ0n) is 9.36. The fraction of sp³-hybridized carbons (Fsp3) is 0.143. The van der Waals surface area contributed by atoms with Crippen LogP contribution in [0, 0.1) is 0 Å². The van der Waals surface area contributed by atoms with Gasteiger partial charge in [-0.05, 0) is 23.3 Å². The van der Waals surface area contributed by atoms with E-state index in [-0.39, 0.29) is 0 Å². The molecular weight excluding hydrogens is 198 g/mol. The second-order valence-electron chi connectivity index (χ2n) is 3.39. The molecule has 0 aliphatic carbocycles. The molecule has 0 radical (unpaired) electrons. The van der Waals surface area contributed by atoms with Crippen LogP contribution in [0.5, 0.6) is 5.75 Å². The van der Waals surface area contributed by atoms with Gasteiger partial charge in [0.05, 0.1) is 0 Å². The largest absolute Gasteiger partial charge is 0.489 e. The Morgan fingerprint density at radius 2 is 2.00 bits per heavy atom. The van der Waals surface area contributed by atoms with Crippen molar-refractivity contribution in [1.82, 2.24) is 0 Å². The van der Waals surface area contributed by atoms with Crippen molar-refractivity contribution in [2.24, 2.45) is 5.73 Å². The molecular formula is C14H17NO. The summed E-state index contributed by atoms with van der Waals surface area (Å²) < 4.78 is 5.54. The molecule has 2 N–H and O–H groups in total. The predicted molar refractivity (Wildman–Crippen MR) is 68.3 cm³/mol. The highest BCUT2D eigenvalue weighted by Gasteiger charge is 1.94. The number of rotatable bonds is 6. The minimum atomic E-state index is 0.478. The van der Waals surface area contributed by atoms with Gasteiger partial charge in [0, 0.05) is 6.54 Å². The summed E-state index contributed by atoms with van der Waals surface area (Å²) in [6.07, 6.45) is 5.42. The fourth-order valence-electron chi connectivity index (χ4n) is 1.15. The number of ether oxygens (including phenoxy) is 1. The second-order valence-corrected chi connectivity index (χ2v) is 3.39. The third kappa shape index (κ3) is 4.15. The third-order valence-electron chi connectivity index (χ3n) is 2.05. The second kappa shape index (κ2) is 6.64. The summed E-state index contributed by atoms with van der Waals surface area (Å²) in [5, 5.41) is 0. The van der Waals surface area contributed by atoms with Crippen LogP contribution >= 0.6 is 0 Å². The van der Waals surface area contributed by atoms with Crippen LogP contribution in [0.4, 0.5) is 0 Å². The highest BCUT2D eigenvalue weighted by atomic mass is 16.5. The normalized spacial score (nSPS) is 10.3. The molecule has 0 unspecified atom stereocenters. The molecule has 1 rings (SSSR count). The summed E-state index contributed by atoms with van der Waals surface area (Å²) in [5.74, 6) is 0.824. The lowest BCUT2D eigenvalue weighted by atomic mass is 10.2. The van der Waals surface area contributed by atoms with Crippen molar-refractivity contribution < 1.29 is 4.74 Å². The maximum Gasteiger partial charge on any atom is 0.119 e. The molecule has 0 heterocycles. The van der Waals surface area contributed by atoms with Gasteiger partial charge >= 0.3 is 0 Å². The van der Waals surface area contributed by atoms with Crippen LogP contribution in [0.2, 0.25) is 0 Å². The number of nitrogens with two attached hydrogens (primary N) is 1. The Bertz CT molecular complexity index is 376. The van der Waals surface area contributed by atoms with Crippen molar-refractivity contribution in [1.29, 1.82) is 0 Å². The Labute approximate surface area is 96.7 Å². The molecule has 0 aliphatic heterocycles. The van der Waals surface area contributed by atoms with Gasteiger partial charge in [0.1, 0.15) is 12.4 Å². The molecule has 0 atom stereocenters. The van der Waals surface area contributed by atoms with E-state index in [1.165, 1.54) is 0 Å². The molecule has 2 nitrogen and oxygen atoms in total. The van der Waals surface area contributed by atoms with Crippen LogP contribution in [-0.2, 0) is 6.54 Å². The van der Waals surface area contributed by atoms with Gasteiger partial charge in [-0.15, -0.1) is 0 Å². The monoisotopic (exact) mass is 215 g/mol. The van der Waals surface area contributed by atoms with E-state index in [1.54, 1.807) is 6.08 Å². The third-order valence-corrected chi connectivity index (χ3v) is 2.05. The quantitative estimate of drug-likeness (QED) is 0.740. The van der Waals surface area contributed by atoms with Crippen molar-refractivity contribution in [3.8, 4) is 5.75 Å². The van der Waals surface area contributed by atoms with Gasteiger partial charge in [-0.25, -0.2) is 0 Å². The molecule has 84 valence electrons. The van der Waals surface area contributed by atoms with E-state index < -0.39 is 0 Å². The van der Waals surface area contributed by atoms with E-state index in [9.17, 15) is 0 Å². The Morgan fingerprint density at radius 3 is 2.56 bits per heavy atom. The van der Waals surface area contributed by atoms with Crippen LogP contribution < -0.4 is 10.5 Å². The Morgan fingerprint density at radius 1 is 1.31 bits per heavy atom. The molecule has 1 aromatic carbocycles. The van der Waals surface area contributed by atoms with Gasteiger partial charge in [-0.1, -0.05) is 43.5 Å². The molecule has 0 saturated carbocycles. The summed E-state index contributed by atoms with van der Waals surface area (Å²) in [4.78, 5) is 0. The van der Waals surface area contributed by atoms with Crippen LogP contribution in [0.25, 0.3) is 0 Å². The number of allylic oxidation sites excluding steroid dienone is 2. The van der Waals surface area contributed by atoms with Gasteiger partial charge in [-0.2, -0.15) is 0 Å². The molecule has 0 bridgehead atoms. The molecule has 0 aliphatic rings. The Kier molecular flexibility index (Phi) is 5.09. The first-order chi connectivity index (χ1) is 7.76. The summed E-state index contributed by atoms with van der Waals surface area (Å²) in [6, 6.07) is 7.73. The minimum absolute atomic E-state index is 0.478. The summed E-state index contributed by atoms with van der Waals surface area (Å²) in [5.41, 5.74) is 7.50. The standard InChI is InChI=1S/C14H17NO/c1-3-4-5-12(2)11-16-14-8-6-13(10-15)7-9-14/h3-9H,1-2,10-11,15H2/b5-4-. The predicted octanol–water partition coefficient (Wildman–Crippen LogP) is 2.82. The van der Waals surface area contributed by atoms with Crippen molar-refractivity contribution in [2.45, 2.75) is 6.54 Å². The molecule has 0 aromatic heterocycles. The van der Waals surface area contributed by atoms with E-state index in [1.807, 2.05) is 36.4 Å². The van der Waals surface area contributed by atoms with Gasteiger partial charge in [0.15, 0.2) is 0 Å². The average Bonchev–Trinajstić information content (AvgIpc) is 2.34. The Balaban J connectivity index is 2.45. The van der Waals surface area contributed by atoms with Crippen LogP contribution in [0.3, 0.4) is 0 Å². The molecule has 0 amide bonds. The van der Waals surface area contributed by atoms with Crippen LogP contribution in [0.15, 0.2) is 61.2 Å². The van der Waals surface area contributed by atoms with Crippen LogP contribution in [0.1, 0.15) is 5.56 Å². The highest BCUT2D eigenvalue weighted by Crippen LogP contribution is 2.12. The maximum atomic E-state index is 5.54. The zero-order chi connectivity index (χ0) is 11.8. The number of hydrogen-bond donors (Lipinski definition) is 1. The van der Waals surface area contributed by atoms with Crippen LogP contribution in [-0.4, -0.2) is 6.61 Å². The lowest BCUT2D eigenvalue weighted by Gasteiger charge is -2.06. The lowest BCUT2D eigenvalue weighted by Crippen LogP contribution is -1.99.